The second-order valence-corrected chi connectivity index (χ2v) is 5.60. The number of hydrogen-bond donors (Lipinski definition) is 0. The number of ketones is 1. The Labute approximate surface area is 123 Å². The Hall–Kier alpha value is -1.75. The zero-order chi connectivity index (χ0) is 14.5. The molecule has 20 heavy (non-hydrogen) atoms. The third-order valence-electron chi connectivity index (χ3n) is 2.86. The second kappa shape index (κ2) is 6.61. The van der Waals surface area contributed by atoms with Gasteiger partial charge >= 0.3 is 0 Å². The third kappa shape index (κ3) is 3.22. The van der Waals surface area contributed by atoms with Crippen LogP contribution >= 0.6 is 11.5 Å². The predicted octanol–water partition coefficient (Wildman–Crippen LogP) is 3.68. The topological polar surface area (TPSA) is 52.1 Å². The van der Waals surface area contributed by atoms with Crippen molar-refractivity contribution < 1.29 is 9.53 Å². The molecule has 1 heterocycles. The molecule has 0 bridgehead atoms. The van der Waals surface area contributed by atoms with Crippen molar-refractivity contribution in [1.82, 2.24) is 9.59 Å². The molecule has 0 aliphatic heterocycles. The highest BCUT2D eigenvalue weighted by Gasteiger charge is 2.19. The van der Waals surface area contributed by atoms with E-state index in [1.54, 1.807) is 12.1 Å². The molecule has 0 spiro atoms. The van der Waals surface area contributed by atoms with Gasteiger partial charge in [0, 0.05) is 5.56 Å². The largest absolute Gasteiger partial charge is 0.494 e. The Balaban J connectivity index is 2.18. The molecule has 2 rings (SSSR count). The Morgan fingerprint density at radius 3 is 2.60 bits per heavy atom. The first kappa shape index (κ1) is 14.7. The highest BCUT2D eigenvalue weighted by molar-refractivity contribution is 7.08. The number of ether oxygens (including phenoxy) is 1. The molecule has 0 saturated heterocycles. The van der Waals surface area contributed by atoms with E-state index >= 15 is 0 Å². The maximum Gasteiger partial charge on any atom is 0.206 e. The average Bonchev–Trinajstić information content (AvgIpc) is 2.94. The Morgan fingerprint density at radius 2 is 2.00 bits per heavy atom. The highest BCUT2D eigenvalue weighted by Crippen LogP contribution is 2.23. The van der Waals surface area contributed by atoms with Gasteiger partial charge in [-0.25, -0.2) is 0 Å². The maximum atomic E-state index is 12.4. The lowest BCUT2D eigenvalue weighted by molar-refractivity contribution is 0.104. The summed E-state index contributed by atoms with van der Waals surface area (Å²) >= 11 is 1.16. The molecule has 0 saturated carbocycles. The molecule has 4 nitrogen and oxygen atoms in total. The van der Waals surface area contributed by atoms with Gasteiger partial charge in [-0.15, -0.1) is 5.10 Å². The van der Waals surface area contributed by atoms with Gasteiger partial charge in [0.25, 0.3) is 0 Å². The van der Waals surface area contributed by atoms with E-state index in [0.717, 1.165) is 29.4 Å². The zero-order valence-corrected chi connectivity index (χ0v) is 12.7. The summed E-state index contributed by atoms with van der Waals surface area (Å²) in [6, 6.07) is 7.23. The fourth-order valence-electron chi connectivity index (χ4n) is 1.79. The lowest BCUT2D eigenvalue weighted by atomic mass is 10.0. The molecule has 1 aromatic carbocycles. The number of aromatic nitrogens is 2. The fraction of sp³-hybridized carbons (Fsp3) is 0.400. The van der Waals surface area contributed by atoms with Gasteiger partial charge in [0.2, 0.25) is 5.78 Å². The van der Waals surface area contributed by atoms with Gasteiger partial charge < -0.3 is 4.74 Å². The summed E-state index contributed by atoms with van der Waals surface area (Å²) < 4.78 is 9.40. The van der Waals surface area contributed by atoms with Gasteiger partial charge in [-0.1, -0.05) is 25.3 Å². The lowest BCUT2D eigenvalue weighted by Gasteiger charge is -2.06. The quantitative estimate of drug-likeness (QED) is 0.761. The van der Waals surface area contributed by atoms with Crippen molar-refractivity contribution in [1.29, 1.82) is 0 Å². The van der Waals surface area contributed by atoms with Gasteiger partial charge in [-0.05, 0) is 48.1 Å². The second-order valence-electron chi connectivity index (χ2n) is 4.84. The van der Waals surface area contributed by atoms with E-state index in [4.69, 9.17) is 4.74 Å². The normalized spacial score (nSPS) is 10.8. The van der Waals surface area contributed by atoms with Gasteiger partial charge in [0.15, 0.2) is 0 Å². The van der Waals surface area contributed by atoms with E-state index in [2.05, 4.69) is 16.5 Å². The van der Waals surface area contributed by atoms with E-state index in [-0.39, 0.29) is 11.7 Å². The molecule has 5 heteroatoms. The molecule has 0 unspecified atom stereocenters. The SMILES string of the molecule is CCCOc1ccc(C(=O)c2snnc2C(C)C)cc1. The van der Waals surface area contributed by atoms with Crippen LogP contribution in [-0.2, 0) is 0 Å². The number of hydrogen-bond acceptors (Lipinski definition) is 5. The minimum atomic E-state index is -0.0225. The molecule has 1 aromatic heterocycles. The van der Waals surface area contributed by atoms with Gasteiger partial charge in [0.1, 0.15) is 10.6 Å². The molecule has 0 N–H and O–H groups in total. The van der Waals surface area contributed by atoms with Gasteiger partial charge in [0.05, 0.1) is 12.3 Å². The molecule has 0 aliphatic rings. The number of carbonyl (C=O) groups is 1. The molecule has 0 atom stereocenters. The smallest absolute Gasteiger partial charge is 0.206 e. The average molecular weight is 290 g/mol. The number of rotatable bonds is 6. The first-order valence-electron chi connectivity index (χ1n) is 6.73. The van der Waals surface area contributed by atoms with E-state index in [9.17, 15) is 4.79 Å². The summed E-state index contributed by atoms with van der Waals surface area (Å²) in [5, 5.41) is 4.04. The van der Waals surface area contributed by atoms with Crippen LogP contribution in [-0.4, -0.2) is 22.0 Å². The molecule has 106 valence electrons. The fourth-order valence-corrected chi connectivity index (χ4v) is 2.57. The van der Waals surface area contributed by atoms with E-state index in [1.165, 1.54) is 0 Å². The molecule has 0 amide bonds. The van der Waals surface area contributed by atoms with Gasteiger partial charge in [-0.3, -0.25) is 4.79 Å². The predicted molar refractivity (Wildman–Crippen MR) is 79.7 cm³/mol. The van der Waals surface area contributed by atoms with Crippen LogP contribution in [0.4, 0.5) is 0 Å². The van der Waals surface area contributed by atoms with Crippen LogP contribution in [0.15, 0.2) is 24.3 Å². The van der Waals surface area contributed by atoms with Crippen molar-refractivity contribution in [2.75, 3.05) is 6.61 Å². The molecule has 2 aromatic rings. The third-order valence-corrected chi connectivity index (χ3v) is 3.60. The van der Waals surface area contributed by atoms with Crippen LogP contribution in [0.5, 0.6) is 5.75 Å². The van der Waals surface area contributed by atoms with E-state index in [1.807, 2.05) is 26.0 Å². The monoisotopic (exact) mass is 290 g/mol. The van der Waals surface area contributed by atoms with Crippen molar-refractivity contribution in [2.24, 2.45) is 0 Å². The molecule has 0 fully saturated rings. The van der Waals surface area contributed by atoms with Crippen LogP contribution in [0.1, 0.15) is 54.0 Å². The number of nitrogens with zero attached hydrogens (tertiary/aromatic N) is 2. The summed E-state index contributed by atoms with van der Waals surface area (Å²) in [6.45, 7) is 6.76. The maximum absolute atomic E-state index is 12.4. The number of carbonyl (C=O) groups excluding carboxylic acids is 1. The standard InChI is InChI=1S/C15H18N2O2S/c1-4-9-19-12-7-5-11(6-8-12)14(18)15-13(10(2)3)16-17-20-15/h5-8,10H,4,9H2,1-3H3. The van der Waals surface area contributed by atoms with E-state index < -0.39 is 0 Å². The zero-order valence-electron chi connectivity index (χ0n) is 11.9. The minimum absolute atomic E-state index is 0.0225. The first-order valence-corrected chi connectivity index (χ1v) is 7.50. The van der Waals surface area contributed by atoms with Crippen molar-refractivity contribution in [2.45, 2.75) is 33.1 Å². The Morgan fingerprint density at radius 1 is 1.30 bits per heavy atom. The van der Waals surface area contributed by atoms with Crippen molar-refractivity contribution in [3.8, 4) is 5.75 Å². The van der Waals surface area contributed by atoms with Crippen LogP contribution in [0.25, 0.3) is 0 Å². The molecular weight excluding hydrogens is 272 g/mol. The molecule has 0 radical (unpaired) electrons. The lowest BCUT2D eigenvalue weighted by Crippen LogP contribution is -2.04. The summed E-state index contributed by atoms with van der Waals surface area (Å²) in [7, 11) is 0. The molecule has 0 aliphatic carbocycles. The van der Waals surface area contributed by atoms with Crippen LogP contribution in [0.2, 0.25) is 0 Å². The van der Waals surface area contributed by atoms with Crippen molar-refractivity contribution in [3.63, 3.8) is 0 Å². The summed E-state index contributed by atoms with van der Waals surface area (Å²) in [5.41, 5.74) is 1.41. The van der Waals surface area contributed by atoms with Crippen molar-refractivity contribution >= 4 is 17.3 Å². The summed E-state index contributed by atoms with van der Waals surface area (Å²) in [6.07, 6.45) is 0.963. The minimum Gasteiger partial charge on any atom is -0.494 e. The first-order chi connectivity index (χ1) is 9.63. The van der Waals surface area contributed by atoms with Gasteiger partial charge in [-0.2, -0.15) is 0 Å². The number of benzene rings is 1. The van der Waals surface area contributed by atoms with E-state index in [0.29, 0.717) is 17.0 Å². The van der Waals surface area contributed by atoms with Crippen LogP contribution in [0.3, 0.4) is 0 Å². The highest BCUT2D eigenvalue weighted by atomic mass is 32.1. The summed E-state index contributed by atoms with van der Waals surface area (Å²) in [4.78, 5) is 13.1. The van der Waals surface area contributed by atoms with Crippen LogP contribution < -0.4 is 4.74 Å². The molecular formula is C15H18N2O2S. The Kier molecular flexibility index (Phi) is 4.84. The summed E-state index contributed by atoms with van der Waals surface area (Å²) in [5.74, 6) is 0.959. The van der Waals surface area contributed by atoms with Crippen molar-refractivity contribution in [3.05, 3.63) is 40.4 Å². The Bertz CT molecular complexity index is 576. The van der Waals surface area contributed by atoms with Crippen LogP contribution in [0, 0.1) is 0 Å².